The van der Waals surface area contributed by atoms with Crippen LogP contribution < -0.4 is 20.9 Å². The molecule has 1 aromatic heterocycles. The number of carbonyl (C=O) groups is 2. The Labute approximate surface area is 211 Å². The van der Waals surface area contributed by atoms with E-state index in [0.29, 0.717) is 16.5 Å². The maximum Gasteiger partial charge on any atom is 0.322 e. The van der Waals surface area contributed by atoms with Gasteiger partial charge in [0.25, 0.3) is 5.56 Å². The first-order chi connectivity index (χ1) is 17.3. The number of aromatic nitrogens is 1. The van der Waals surface area contributed by atoms with Gasteiger partial charge in [0.1, 0.15) is 17.6 Å². The van der Waals surface area contributed by atoms with Gasteiger partial charge in [-0.15, -0.1) is 0 Å². The van der Waals surface area contributed by atoms with Gasteiger partial charge >= 0.3 is 6.03 Å². The average Bonchev–Trinajstić information content (AvgIpc) is 3.31. The summed E-state index contributed by atoms with van der Waals surface area (Å²) in [5, 5.41) is 5.80. The van der Waals surface area contributed by atoms with Gasteiger partial charge in [-0.1, -0.05) is 11.6 Å². The number of pyridine rings is 1. The fourth-order valence-corrected chi connectivity index (χ4v) is 4.07. The molecule has 1 aliphatic heterocycles. The van der Waals surface area contributed by atoms with Crippen LogP contribution in [-0.2, 0) is 9.53 Å². The van der Waals surface area contributed by atoms with Gasteiger partial charge in [-0.25, -0.2) is 9.18 Å². The van der Waals surface area contributed by atoms with Crippen LogP contribution in [0.4, 0.5) is 20.6 Å². The Morgan fingerprint density at radius 2 is 1.81 bits per heavy atom. The lowest BCUT2D eigenvalue weighted by Gasteiger charge is -2.24. The van der Waals surface area contributed by atoms with Gasteiger partial charge in [0.15, 0.2) is 0 Å². The van der Waals surface area contributed by atoms with Gasteiger partial charge in [-0.3, -0.25) is 14.2 Å². The highest BCUT2D eigenvalue weighted by Gasteiger charge is 2.40. The molecule has 0 spiro atoms. The second kappa shape index (κ2) is 10.8. The lowest BCUT2D eigenvalue weighted by Crippen LogP contribution is -2.45. The molecule has 11 heteroatoms. The van der Waals surface area contributed by atoms with Crippen molar-refractivity contribution in [2.45, 2.75) is 18.6 Å². The van der Waals surface area contributed by atoms with E-state index in [-0.39, 0.29) is 30.4 Å². The van der Waals surface area contributed by atoms with E-state index in [1.807, 2.05) is 0 Å². The third kappa shape index (κ3) is 5.50. The number of anilines is 2. The predicted molar refractivity (Wildman–Crippen MR) is 134 cm³/mol. The topological polar surface area (TPSA) is 102 Å². The molecule has 2 N–H and O–H groups in total. The van der Waals surface area contributed by atoms with Crippen molar-refractivity contribution in [3.63, 3.8) is 0 Å². The molecule has 3 amide bonds. The summed E-state index contributed by atoms with van der Waals surface area (Å²) in [6.07, 6.45) is 1.36. The smallest absolute Gasteiger partial charge is 0.322 e. The van der Waals surface area contributed by atoms with E-state index in [0.717, 1.165) is 6.07 Å². The van der Waals surface area contributed by atoms with E-state index in [1.165, 1.54) is 48.1 Å². The standard InChI is InChI=1S/C25H24ClFN4O5/c1-35-18-9-10-30(23(32)13-18)17-7-8-21(20(27)11-17)29-24(33)22-12-19(36-2)14-31(22)25(34)28-16-5-3-15(26)4-6-16/h3-11,13,19,22H,12,14H2,1-2H3,(H,28,34)(H,29,33)/t19-,22-/m1/s1. The van der Waals surface area contributed by atoms with Crippen LogP contribution in [0.3, 0.4) is 0 Å². The summed E-state index contributed by atoms with van der Waals surface area (Å²) in [5.41, 5.74) is 0.316. The summed E-state index contributed by atoms with van der Waals surface area (Å²) >= 11 is 5.89. The second-order valence-electron chi connectivity index (χ2n) is 8.13. The molecule has 36 heavy (non-hydrogen) atoms. The first-order valence-corrected chi connectivity index (χ1v) is 11.4. The first kappa shape index (κ1) is 25.2. The molecule has 0 radical (unpaired) electrons. The zero-order valence-corrected chi connectivity index (χ0v) is 20.3. The fraction of sp³-hybridized carbons (Fsp3) is 0.240. The highest BCUT2D eigenvalue weighted by molar-refractivity contribution is 6.30. The summed E-state index contributed by atoms with van der Waals surface area (Å²) in [7, 11) is 2.94. The van der Waals surface area contributed by atoms with Crippen LogP contribution in [0, 0.1) is 5.82 Å². The van der Waals surface area contributed by atoms with Crippen molar-refractivity contribution in [3.05, 3.63) is 82.0 Å². The van der Waals surface area contributed by atoms with Crippen LogP contribution in [0.1, 0.15) is 6.42 Å². The fourth-order valence-electron chi connectivity index (χ4n) is 3.94. The van der Waals surface area contributed by atoms with E-state index in [2.05, 4.69) is 10.6 Å². The van der Waals surface area contributed by atoms with Crippen molar-refractivity contribution in [1.82, 2.24) is 9.47 Å². The predicted octanol–water partition coefficient (Wildman–Crippen LogP) is 3.90. The Morgan fingerprint density at radius 3 is 2.44 bits per heavy atom. The monoisotopic (exact) mass is 514 g/mol. The number of amides is 3. The number of nitrogens with one attached hydrogen (secondary N) is 2. The van der Waals surface area contributed by atoms with Gasteiger partial charge < -0.3 is 25.0 Å². The molecular weight excluding hydrogens is 491 g/mol. The second-order valence-corrected chi connectivity index (χ2v) is 8.56. The van der Waals surface area contributed by atoms with Crippen molar-refractivity contribution in [2.24, 2.45) is 0 Å². The van der Waals surface area contributed by atoms with Crippen LogP contribution in [0.15, 0.2) is 65.6 Å². The summed E-state index contributed by atoms with van der Waals surface area (Å²) in [4.78, 5) is 39.6. The van der Waals surface area contributed by atoms with Crippen LogP contribution >= 0.6 is 11.6 Å². The molecule has 188 valence electrons. The number of likely N-dealkylation sites (tertiary alicyclic amines) is 1. The third-order valence-electron chi connectivity index (χ3n) is 5.87. The Hall–Kier alpha value is -3.89. The quantitative estimate of drug-likeness (QED) is 0.519. The number of nitrogens with zero attached hydrogens (tertiary/aromatic N) is 2. The summed E-state index contributed by atoms with van der Waals surface area (Å²) in [6, 6.07) is 12.0. The Balaban J connectivity index is 1.50. The van der Waals surface area contributed by atoms with Gasteiger partial charge in [0.05, 0.1) is 24.6 Å². The molecule has 4 rings (SSSR count). The molecule has 2 atom stereocenters. The molecule has 2 heterocycles. The lowest BCUT2D eigenvalue weighted by atomic mass is 10.1. The number of halogens is 2. The SMILES string of the molecule is COc1ccn(-c2ccc(NC(=O)[C@H]3C[C@@H](OC)CN3C(=O)Nc3ccc(Cl)cc3)c(F)c2)c(=O)c1. The Morgan fingerprint density at radius 1 is 1.06 bits per heavy atom. The Bertz CT molecular complexity index is 1330. The number of benzene rings is 2. The molecule has 3 aromatic rings. The number of hydrogen-bond acceptors (Lipinski definition) is 5. The molecular formula is C25H24ClFN4O5. The number of rotatable bonds is 6. The van der Waals surface area contributed by atoms with Crippen LogP contribution in [0.5, 0.6) is 5.75 Å². The molecule has 0 bridgehead atoms. The molecule has 1 aliphatic rings. The maximum absolute atomic E-state index is 14.9. The summed E-state index contributed by atoms with van der Waals surface area (Å²) < 4.78 is 26.5. The highest BCUT2D eigenvalue weighted by Crippen LogP contribution is 2.25. The van der Waals surface area contributed by atoms with E-state index in [1.54, 1.807) is 30.3 Å². The van der Waals surface area contributed by atoms with E-state index >= 15 is 0 Å². The molecule has 0 unspecified atom stereocenters. The van der Waals surface area contributed by atoms with Crippen LogP contribution in [-0.4, -0.2) is 54.3 Å². The summed E-state index contributed by atoms with van der Waals surface area (Å²) in [6.45, 7) is 0.190. The number of ether oxygens (including phenoxy) is 2. The molecule has 0 aliphatic carbocycles. The zero-order chi connectivity index (χ0) is 25.8. The zero-order valence-electron chi connectivity index (χ0n) is 19.5. The van der Waals surface area contributed by atoms with Gasteiger partial charge in [0.2, 0.25) is 5.91 Å². The molecule has 1 fully saturated rings. The Kier molecular flexibility index (Phi) is 7.56. The lowest BCUT2D eigenvalue weighted by molar-refractivity contribution is -0.119. The molecule has 0 saturated carbocycles. The van der Waals surface area contributed by atoms with Crippen molar-refractivity contribution in [1.29, 1.82) is 0 Å². The van der Waals surface area contributed by atoms with Crippen molar-refractivity contribution < 1.29 is 23.5 Å². The average molecular weight is 515 g/mol. The van der Waals surface area contributed by atoms with Crippen LogP contribution in [0.25, 0.3) is 5.69 Å². The van der Waals surface area contributed by atoms with Crippen molar-refractivity contribution >= 4 is 34.9 Å². The largest absolute Gasteiger partial charge is 0.497 e. The van der Waals surface area contributed by atoms with Gasteiger partial charge in [-0.05, 0) is 42.5 Å². The normalized spacial score (nSPS) is 17.1. The molecule has 9 nitrogen and oxygen atoms in total. The van der Waals surface area contributed by atoms with Crippen molar-refractivity contribution in [3.8, 4) is 11.4 Å². The minimum absolute atomic E-state index is 0.0794. The highest BCUT2D eigenvalue weighted by atomic mass is 35.5. The van der Waals surface area contributed by atoms with Crippen LogP contribution in [0.2, 0.25) is 5.02 Å². The number of methoxy groups -OCH3 is 2. The van der Waals surface area contributed by atoms with Gasteiger partial charge in [0, 0.05) is 49.1 Å². The molecule has 2 aromatic carbocycles. The van der Waals surface area contributed by atoms with E-state index in [4.69, 9.17) is 21.1 Å². The number of urea groups is 1. The minimum atomic E-state index is -0.884. The number of carbonyl (C=O) groups excluding carboxylic acids is 2. The van der Waals surface area contributed by atoms with E-state index in [9.17, 15) is 18.8 Å². The van der Waals surface area contributed by atoms with E-state index < -0.39 is 29.4 Å². The molecule has 1 saturated heterocycles. The van der Waals surface area contributed by atoms with Gasteiger partial charge in [-0.2, -0.15) is 0 Å². The summed E-state index contributed by atoms with van der Waals surface area (Å²) in [5.74, 6) is -0.910. The van der Waals surface area contributed by atoms with Crippen molar-refractivity contribution in [2.75, 3.05) is 31.4 Å². The number of hydrogen-bond donors (Lipinski definition) is 2. The first-order valence-electron chi connectivity index (χ1n) is 11.0. The third-order valence-corrected chi connectivity index (χ3v) is 6.12. The minimum Gasteiger partial charge on any atom is -0.497 e. The maximum atomic E-state index is 14.9.